The molecule has 1 heterocycles. The molecular formula is C26H38ClN7O3S. The van der Waals surface area contributed by atoms with Gasteiger partial charge in [0.15, 0.2) is 11.1 Å². The molecule has 1 aromatic carbocycles. The zero-order valence-electron chi connectivity index (χ0n) is 22.0. The maximum atomic E-state index is 13.0. The van der Waals surface area contributed by atoms with E-state index in [2.05, 4.69) is 20.6 Å². The summed E-state index contributed by atoms with van der Waals surface area (Å²) in [6, 6.07) is 7.46. The fourth-order valence-corrected chi connectivity index (χ4v) is 5.44. The molecule has 0 radical (unpaired) electrons. The van der Waals surface area contributed by atoms with Crippen molar-refractivity contribution in [2.75, 3.05) is 25.5 Å². The van der Waals surface area contributed by atoms with Gasteiger partial charge in [0.05, 0.1) is 11.4 Å². The Kier molecular flexibility index (Phi) is 12.5. The first-order chi connectivity index (χ1) is 17.7. The van der Waals surface area contributed by atoms with Gasteiger partial charge in [0.1, 0.15) is 4.88 Å². The lowest BCUT2D eigenvalue weighted by Crippen LogP contribution is -2.35. The minimum absolute atomic E-state index is 0. The van der Waals surface area contributed by atoms with Crippen molar-refractivity contribution in [3.05, 3.63) is 40.4 Å². The Labute approximate surface area is 234 Å². The molecule has 0 bridgehead atoms. The first kappa shape index (κ1) is 31.0. The number of rotatable bonds is 11. The SMILES string of the molecule is CC(=O)Nc1nc(CCc2ccc(N=C(N)N)cc2)c(C(=O)NCCC(=O)N(C)CC2CCCCC2)s1.Cl. The maximum Gasteiger partial charge on any atom is 0.263 e. The quantitative estimate of drug-likeness (QED) is 0.242. The van der Waals surface area contributed by atoms with Gasteiger partial charge in [-0.05, 0) is 49.3 Å². The van der Waals surface area contributed by atoms with Crippen molar-refractivity contribution in [3.63, 3.8) is 0 Å². The Morgan fingerprint density at radius 1 is 1.11 bits per heavy atom. The molecule has 0 unspecified atom stereocenters. The maximum absolute atomic E-state index is 13.0. The predicted molar refractivity (Wildman–Crippen MR) is 154 cm³/mol. The highest BCUT2D eigenvalue weighted by Gasteiger charge is 2.21. The van der Waals surface area contributed by atoms with Gasteiger partial charge in [-0.15, -0.1) is 12.4 Å². The van der Waals surface area contributed by atoms with E-state index in [-0.39, 0.29) is 49.1 Å². The minimum Gasteiger partial charge on any atom is -0.370 e. The second-order valence-corrected chi connectivity index (χ2v) is 10.5. The molecule has 10 nitrogen and oxygen atoms in total. The normalized spacial score (nSPS) is 13.2. The standard InChI is InChI=1S/C26H37N7O3S.ClH/c1-17(34)30-26-32-21(13-10-18-8-11-20(12-9-18)31-25(27)28)23(37-26)24(36)29-15-14-22(35)33(2)16-19-6-4-3-5-7-19;/h8-9,11-12,19H,3-7,10,13-16H2,1-2H3,(H,29,36)(H4,27,28,31)(H,30,32,34);1H. The van der Waals surface area contributed by atoms with Crippen LogP contribution in [0.3, 0.4) is 0 Å². The highest BCUT2D eigenvalue weighted by atomic mass is 35.5. The molecule has 208 valence electrons. The third-order valence-corrected chi connectivity index (χ3v) is 7.35. The predicted octanol–water partition coefficient (Wildman–Crippen LogP) is 3.37. The summed E-state index contributed by atoms with van der Waals surface area (Å²) in [6.07, 6.45) is 7.50. The number of amides is 3. The summed E-state index contributed by atoms with van der Waals surface area (Å²) in [6.45, 7) is 2.42. The number of nitrogens with zero attached hydrogens (tertiary/aromatic N) is 3. The van der Waals surface area contributed by atoms with Crippen LogP contribution in [0, 0.1) is 5.92 Å². The number of nitrogens with two attached hydrogens (primary N) is 2. The van der Waals surface area contributed by atoms with Crippen molar-refractivity contribution in [1.82, 2.24) is 15.2 Å². The van der Waals surface area contributed by atoms with Crippen molar-refractivity contribution in [2.24, 2.45) is 22.4 Å². The summed E-state index contributed by atoms with van der Waals surface area (Å²) in [5, 5.41) is 5.89. The van der Waals surface area contributed by atoms with Crippen LogP contribution in [-0.4, -0.2) is 53.7 Å². The molecular weight excluding hydrogens is 526 g/mol. The topological polar surface area (TPSA) is 156 Å². The van der Waals surface area contributed by atoms with E-state index >= 15 is 0 Å². The summed E-state index contributed by atoms with van der Waals surface area (Å²) in [4.78, 5) is 47.8. The Balaban J connectivity index is 0.00000507. The number of halogens is 1. The number of guanidine groups is 1. The monoisotopic (exact) mass is 563 g/mol. The molecule has 1 aliphatic carbocycles. The smallest absolute Gasteiger partial charge is 0.263 e. The molecule has 3 amide bonds. The van der Waals surface area contributed by atoms with Crippen molar-refractivity contribution >= 4 is 58.2 Å². The molecule has 1 aliphatic rings. The third-order valence-electron chi connectivity index (χ3n) is 6.34. The van der Waals surface area contributed by atoms with Crippen LogP contribution in [0.4, 0.5) is 10.8 Å². The van der Waals surface area contributed by atoms with E-state index in [1.54, 1.807) is 4.90 Å². The van der Waals surface area contributed by atoms with Crippen LogP contribution in [0.2, 0.25) is 0 Å². The van der Waals surface area contributed by atoms with Crippen molar-refractivity contribution in [2.45, 2.75) is 58.3 Å². The highest BCUT2D eigenvalue weighted by Crippen LogP contribution is 2.26. The van der Waals surface area contributed by atoms with Gasteiger partial charge >= 0.3 is 0 Å². The molecule has 0 saturated heterocycles. The number of aryl methyl sites for hydroxylation is 2. The number of carbonyl (C=O) groups excluding carboxylic acids is 3. The summed E-state index contributed by atoms with van der Waals surface area (Å²) >= 11 is 1.13. The number of carbonyl (C=O) groups is 3. The van der Waals surface area contributed by atoms with Crippen LogP contribution in [0.15, 0.2) is 29.3 Å². The van der Waals surface area contributed by atoms with Crippen LogP contribution >= 0.6 is 23.7 Å². The number of benzene rings is 1. The molecule has 38 heavy (non-hydrogen) atoms. The Hall–Kier alpha value is -3.18. The number of aromatic nitrogens is 1. The van der Waals surface area contributed by atoms with Gasteiger partial charge in [0.25, 0.3) is 5.91 Å². The lowest BCUT2D eigenvalue weighted by atomic mass is 9.89. The summed E-state index contributed by atoms with van der Waals surface area (Å²) in [5.41, 5.74) is 13.1. The van der Waals surface area contributed by atoms with Gasteiger partial charge in [0.2, 0.25) is 11.8 Å². The van der Waals surface area contributed by atoms with E-state index in [0.29, 0.717) is 40.1 Å². The van der Waals surface area contributed by atoms with Gasteiger partial charge in [-0.25, -0.2) is 9.98 Å². The number of hydrogen-bond acceptors (Lipinski definition) is 6. The average Bonchev–Trinajstić information content (AvgIpc) is 3.25. The average molecular weight is 564 g/mol. The van der Waals surface area contributed by atoms with Crippen LogP contribution in [-0.2, 0) is 22.4 Å². The first-order valence-electron chi connectivity index (χ1n) is 12.7. The van der Waals surface area contributed by atoms with E-state index < -0.39 is 0 Å². The van der Waals surface area contributed by atoms with Gasteiger partial charge in [-0.3, -0.25) is 14.4 Å². The Morgan fingerprint density at radius 2 is 1.79 bits per heavy atom. The van der Waals surface area contributed by atoms with Gasteiger partial charge < -0.3 is 27.0 Å². The van der Waals surface area contributed by atoms with Crippen molar-refractivity contribution < 1.29 is 14.4 Å². The molecule has 1 saturated carbocycles. The molecule has 1 aromatic heterocycles. The number of aliphatic imine (C=N–C) groups is 1. The summed E-state index contributed by atoms with van der Waals surface area (Å²) < 4.78 is 0. The molecule has 0 aliphatic heterocycles. The third kappa shape index (κ3) is 9.94. The van der Waals surface area contributed by atoms with E-state index in [9.17, 15) is 14.4 Å². The second kappa shape index (κ2) is 15.3. The largest absolute Gasteiger partial charge is 0.370 e. The Bertz CT molecular complexity index is 1110. The van der Waals surface area contributed by atoms with Gasteiger partial charge in [0, 0.05) is 33.5 Å². The zero-order chi connectivity index (χ0) is 26.8. The number of thiazole rings is 1. The molecule has 2 aromatic rings. The minimum atomic E-state index is -0.296. The van der Waals surface area contributed by atoms with Crippen LogP contribution in [0.5, 0.6) is 0 Å². The van der Waals surface area contributed by atoms with Crippen molar-refractivity contribution in [1.29, 1.82) is 0 Å². The fourth-order valence-electron chi connectivity index (χ4n) is 4.46. The molecule has 1 fully saturated rings. The molecule has 12 heteroatoms. The van der Waals surface area contributed by atoms with E-state index in [1.807, 2.05) is 31.3 Å². The van der Waals surface area contributed by atoms with E-state index in [4.69, 9.17) is 11.5 Å². The van der Waals surface area contributed by atoms with E-state index in [1.165, 1.54) is 39.0 Å². The van der Waals surface area contributed by atoms with Crippen LogP contribution in [0.25, 0.3) is 0 Å². The fraction of sp³-hybridized carbons (Fsp3) is 0.500. The zero-order valence-corrected chi connectivity index (χ0v) is 23.6. The lowest BCUT2D eigenvalue weighted by Gasteiger charge is -2.27. The lowest BCUT2D eigenvalue weighted by molar-refractivity contribution is -0.130. The highest BCUT2D eigenvalue weighted by molar-refractivity contribution is 7.17. The van der Waals surface area contributed by atoms with Crippen molar-refractivity contribution in [3.8, 4) is 0 Å². The van der Waals surface area contributed by atoms with Crippen LogP contribution in [0.1, 0.15) is 66.4 Å². The summed E-state index contributed by atoms with van der Waals surface area (Å²) in [7, 11) is 1.84. The molecule has 0 atom stereocenters. The molecule has 3 rings (SSSR count). The molecule has 0 spiro atoms. The number of nitrogens with one attached hydrogen (secondary N) is 2. The van der Waals surface area contributed by atoms with Gasteiger partial charge in [-0.2, -0.15) is 0 Å². The number of hydrogen-bond donors (Lipinski definition) is 4. The number of anilines is 1. The van der Waals surface area contributed by atoms with E-state index in [0.717, 1.165) is 23.4 Å². The van der Waals surface area contributed by atoms with Crippen LogP contribution < -0.4 is 22.1 Å². The summed E-state index contributed by atoms with van der Waals surface area (Å²) in [5.74, 6) is 0.0449. The second-order valence-electron chi connectivity index (χ2n) is 9.46. The van der Waals surface area contributed by atoms with Gasteiger partial charge in [-0.1, -0.05) is 42.7 Å². The molecule has 6 N–H and O–H groups in total. The first-order valence-corrected chi connectivity index (χ1v) is 13.5. The Morgan fingerprint density at radius 3 is 2.42 bits per heavy atom.